The summed E-state index contributed by atoms with van der Waals surface area (Å²) in [4.78, 5) is 0. The highest BCUT2D eigenvalue weighted by atomic mass is 16.5. The molecule has 4 nitrogen and oxygen atoms in total. The Balaban J connectivity index is 2.05. The van der Waals surface area contributed by atoms with E-state index in [0.717, 1.165) is 31.0 Å². The third-order valence-corrected chi connectivity index (χ3v) is 3.05. The average molecular weight is 247 g/mol. The van der Waals surface area contributed by atoms with Gasteiger partial charge < -0.3 is 14.4 Å². The predicted octanol–water partition coefficient (Wildman–Crippen LogP) is 2.89. The summed E-state index contributed by atoms with van der Waals surface area (Å²) >= 11 is 0. The molecule has 18 heavy (non-hydrogen) atoms. The van der Waals surface area contributed by atoms with E-state index in [0.29, 0.717) is 6.04 Å². The Labute approximate surface area is 108 Å². The molecule has 0 radical (unpaired) electrons. The molecule has 1 atom stereocenters. The van der Waals surface area contributed by atoms with Gasteiger partial charge in [-0.2, -0.15) is 0 Å². The molecule has 4 heteroatoms. The first-order chi connectivity index (χ1) is 8.72. The molecule has 0 aliphatic heterocycles. The molecular formula is C14H21N3O. The third kappa shape index (κ3) is 3.01. The van der Waals surface area contributed by atoms with Gasteiger partial charge in [0, 0.05) is 24.5 Å². The SMILES string of the molecule is CCNC(CC)c1ccn(Cc2cc(C)no2)c1. The van der Waals surface area contributed by atoms with E-state index in [1.54, 1.807) is 0 Å². The number of hydrogen-bond acceptors (Lipinski definition) is 3. The Morgan fingerprint density at radius 3 is 2.89 bits per heavy atom. The molecule has 0 saturated carbocycles. The van der Waals surface area contributed by atoms with Crippen molar-refractivity contribution in [3.63, 3.8) is 0 Å². The van der Waals surface area contributed by atoms with Gasteiger partial charge in [0.2, 0.25) is 0 Å². The van der Waals surface area contributed by atoms with Crippen LogP contribution in [0, 0.1) is 6.92 Å². The zero-order chi connectivity index (χ0) is 13.0. The summed E-state index contributed by atoms with van der Waals surface area (Å²) in [6.45, 7) is 8.00. The Bertz CT molecular complexity index is 487. The zero-order valence-electron chi connectivity index (χ0n) is 11.3. The minimum absolute atomic E-state index is 0.438. The fourth-order valence-electron chi connectivity index (χ4n) is 2.18. The predicted molar refractivity (Wildman–Crippen MR) is 71.5 cm³/mol. The molecular weight excluding hydrogens is 226 g/mol. The maximum absolute atomic E-state index is 5.23. The molecule has 0 bridgehead atoms. The Morgan fingerprint density at radius 1 is 1.44 bits per heavy atom. The highest BCUT2D eigenvalue weighted by molar-refractivity contribution is 5.16. The van der Waals surface area contributed by atoms with Crippen LogP contribution in [0.1, 0.15) is 43.3 Å². The van der Waals surface area contributed by atoms with Crippen LogP contribution in [-0.2, 0) is 6.54 Å². The lowest BCUT2D eigenvalue weighted by atomic mass is 10.1. The van der Waals surface area contributed by atoms with Crippen LogP contribution in [0.5, 0.6) is 0 Å². The minimum Gasteiger partial charge on any atom is -0.359 e. The second kappa shape index (κ2) is 5.87. The van der Waals surface area contributed by atoms with Crippen molar-refractivity contribution >= 4 is 0 Å². The lowest BCUT2D eigenvalue weighted by Gasteiger charge is -2.13. The molecule has 2 aromatic rings. The smallest absolute Gasteiger partial charge is 0.156 e. The van der Waals surface area contributed by atoms with Gasteiger partial charge in [-0.25, -0.2) is 0 Å². The second-order valence-electron chi connectivity index (χ2n) is 4.57. The van der Waals surface area contributed by atoms with Crippen LogP contribution in [0.4, 0.5) is 0 Å². The van der Waals surface area contributed by atoms with Crippen LogP contribution in [0.2, 0.25) is 0 Å². The first-order valence-corrected chi connectivity index (χ1v) is 6.54. The molecule has 0 amide bonds. The normalized spacial score (nSPS) is 12.8. The quantitative estimate of drug-likeness (QED) is 0.853. The fraction of sp³-hybridized carbons (Fsp3) is 0.500. The Morgan fingerprint density at radius 2 is 2.28 bits per heavy atom. The van der Waals surface area contributed by atoms with Crippen LogP contribution in [-0.4, -0.2) is 16.3 Å². The van der Waals surface area contributed by atoms with Gasteiger partial charge >= 0.3 is 0 Å². The van der Waals surface area contributed by atoms with Crippen LogP contribution in [0.25, 0.3) is 0 Å². The summed E-state index contributed by atoms with van der Waals surface area (Å²) in [5, 5.41) is 7.38. The lowest BCUT2D eigenvalue weighted by molar-refractivity contribution is 0.373. The molecule has 0 fully saturated rings. The van der Waals surface area contributed by atoms with Gasteiger partial charge in [0.15, 0.2) is 5.76 Å². The summed E-state index contributed by atoms with van der Waals surface area (Å²) in [7, 11) is 0. The van der Waals surface area contributed by atoms with Gasteiger partial charge in [-0.3, -0.25) is 0 Å². The highest BCUT2D eigenvalue weighted by Gasteiger charge is 2.09. The molecule has 1 N–H and O–H groups in total. The number of aryl methyl sites for hydroxylation is 1. The van der Waals surface area contributed by atoms with E-state index < -0.39 is 0 Å². The van der Waals surface area contributed by atoms with E-state index in [-0.39, 0.29) is 0 Å². The van der Waals surface area contributed by atoms with Crippen LogP contribution in [0.3, 0.4) is 0 Å². The first kappa shape index (κ1) is 12.9. The average Bonchev–Trinajstić information content (AvgIpc) is 2.96. The number of nitrogens with zero attached hydrogens (tertiary/aromatic N) is 2. The number of hydrogen-bond donors (Lipinski definition) is 1. The zero-order valence-corrected chi connectivity index (χ0v) is 11.3. The van der Waals surface area contributed by atoms with E-state index in [1.165, 1.54) is 5.56 Å². The summed E-state index contributed by atoms with van der Waals surface area (Å²) < 4.78 is 7.36. The van der Waals surface area contributed by atoms with E-state index in [4.69, 9.17) is 4.52 Å². The van der Waals surface area contributed by atoms with Crippen LogP contribution >= 0.6 is 0 Å². The minimum atomic E-state index is 0.438. The van der Waals surface area contributed by atoms with Crippen molar-refractivity contribution in [3.8, 4) is 0 Å². The van der Waals surface area contributed by atoms with Crippen molar-refractivity contribution in [3.05, 3.63) is 41.5 Å². The molecule has 2 aromatic heterocycles. The van der Waals surface area contributed by atoms with Crippen molar-refractivity contribution in [1.29, 1.82) is 0 Å². The van der Waals surface area contributed by atoms with E-state index in [2.05, 4.69) is 47.3 Å². The summed E-state index contributed by atoms with van der Waals surface area (Å²) in [5.41, 5.74) is 2.26. The first-order valence-electron chi connectivity index (χ1n) is 6.54. The molecule has 0 aromatic carbocycles. The fourth-order valence-corrected chi connectivity index (χ4v) is 2.18. The number of rotatable bonds is 6. The standard InChI is InChI=1S/C14H21N3O/c1-4-14(15-5-2)12-6-7-17(9-12)10-13-8-11(3)16-18-13/h6-9,14-15H,4-5,10H2,1-3H3. The van der Waals surface area contributed by atoms with Gasteiger partial charge in [0.05, 0.1) is 12.2 Å². The molecule has 0 spiro atoms. The molecule has 2 rings (SSSR count). The van der Waals surface area contributed by atoms with Gasteiger partial charge in [-0.05, 0) is 31.5 Å². The van der Waals surface area contributed by atoms with Crippen molar-refractivity contribution in [2.45, 2.75) is 39.8 Å². The van der Waals surface area contributed by atoms with Crippen molar-refractivity contribution in [1.82, 2.24) is 15.0 Å². The molecule has 0 saturated heterocycles. The monoisotopic (exact) mass is 247 g/mol. The van der Waals surface area contributed by atoms with Crippen LogP contribution < -0.4 is 5.32 Å². The van der Waals surface area contributed by atoms with Gasteiger partial charge in [0.1, 0.15) is 0 Å². The summed E-state index contributed by atoms with van der Waals surface area (Å²) in [6, 6.07) is 4.58. The maximum atomic E-state index is 5.23. The molecule has 2 heterocycles. The lowest BCUT2D eigenvalue weighted by Crippen LogP contribution is -2.19. The number of nitrogens with one attached hydrogen (secondary N) is 1. The Hall–Kier alpha value is -1.55. The van der Waals surface area contributed by atoms with Crippen molar-refractivity contribution in [2.75, 3.05) is 6.54 Å². The molecule has 0 aliphatic carbocycles. The van der Waals surface area contributed by atoms with Gasteiger partial charge in [-0.15, -0.1) is 0 Å². The second-order valence-corrected chi connectivity index (χ2v) is 4.57. The summed E-state index contributed by atoms with van der Waals surface area (Å²) in [6.07, 6.45) is 5.36. The topological polar surface area (TPSA) is 43.0 Å². The summed E-state index contributed by atoms with van der Waals surface area (Å²) in [5.74, 6) is 0.895. The van der Waals surface area contributed by atoms with E-state index >= 15 is 0 Å². The maximum Gasteiger partial charge on any atom is 0.156 e. The Kier molecular flexibility index (Phi) is 4.20. The van der Waals surface area contributed by atoms with Gasteiger partial charge in [-0.1, -0.05) is 19.0 Å². The highest BCUT2D eigenvalue weighted by Crippen LogP contribution is 2.17. The van der Waals surface area contributed by atoms with E-state index in [1.807, 2.05) is 13.0 Å². The third-order valence-electron chi connectivity index (χ3n) is 3.05. The largest absolute Gasteiger partial charge is 0.359 e. The van der Waals surface area contributed by atoms with E-state index in [9.17, 15) is 0 Å². The van der Waals surface area contributed by atoms with Crippen molar-refractivity contribution < 1.29 is 4.52 Å². The number of aromatic nitrogens is 2. The van der Waals surface area contributed by atoms with Crippen LogP contribution in [0.15, 0.2) is 29.0 Å². The van der Waals surface area contributed by atoms with Gasteiger partial charge in [0.25, 0.3) is 0 Å². The molecule has 98 valence electrons. The molecule has 1 unspecified atom stereocenters. The van der Waals surface area contributed by atoms with Crippen molar-refractivity contribution in [2.24, 2.45) is 0 Å². The molecule has 0 aliphatic rings.